The maximum Gasteiger partial charge on any atom is 0.204 e. The van der Waals surface area contributed by atoms with Crippen LogP contribution in [0.4, 0.5) is 0 Å². The van der Waals surface area contributed by atoms with Crippen LogP contribution in [0.15, 0.2) is 39.5 Å². The third-order valence-electron chi connectivity index (χ3n) is 3.13. The summed E-state index contributed by atoms with van der Waals surface area (Å²) < 4.78 is 10.9. The van der Waals surface area contributed by atoms with Crippen LogP contribution in [0, 0.1) is 0 Å². The fraction of sp³-hybridized carbons (Fsp3) is 0.125. The monoisotopic (exact) mass is 318 g/mol. The van der Waals surface area contributed by atoms with Crippen molar-refractivity contribution in [3.05, 3.63) is 45.6 Å². The van der Waals surface area contributed by atoms with Gasteiger partial charge in [0.05, 0.1) is 5.39 Å². The number of ether oxygens (including phenoxy) is 1. The zero-order valence-electron chi connectivity index (χ0n) is 11.6. The third-order valence-corrected chi connectivity index (χ3v) is 3.37. The van der Waals surface area contributed by atoms with Crippen molar-refractivity contribution in [2.75, 3.05) is 6.61 Å². The molecule has 1 heterocycles. The lowest BCUT2D eigenvalue weighted by Crippen LogP contribution is -2.07. The van der Waals surface area contributed by atoms with Crippen molar-refractivity contribution in [3.63, 3.8) is 0 Å². The second-order valence-electron chi connectivity index (χ2n) is 4.88. The molecule has 0 aliphatic rings. The van der Waals surface area contributed by atoms with Crippen molar-refractivity contribution >= 4 is 39.3 Å². The quantitative estimate of drug-likeness (QED) is 0.750. The number of ketones is 1. The van der Waals surface area contributed by atoms with Crippen molar-refractivity contribution < 1.29 is 19.1 Å². The van der Waals surface area contributed by atoms with Crippen LogP contribution in [0.1, 0.15) is 6.92 Å². The summed E-state index contributed by atoms with van der Waals surface area (Å²) in [5, 5.41) is 10.9. The second kappa shape index (κ2) is 5.35. The maximum absolute atomic E-state index is 12.4. The van der Waals surface area contributed by atoms with Gasteiger partial charge >= 0.3 is 0 Å². The minimum atomic E-state index is -0.358. The first kappa shape index (κ1) is 14.4. The molecule has 3 rings (SSSR count). The Balaban J connectivity index is 2.26. The van der Waals surface area contributed by atoms with Crippen LogP contribution in [-0.4, -0.2) is 17.5 Å². The Bertz CT molecular complexity index is 958. The average molecular weight is 319 g/mol. The first-order chi connectivity index (χ1) is 10.5. The van der Waals surface area contributed by atoms with Crippen LogP contribution in [0.2, 0.25) is 5.02 Å². The van der Waals surface area contributed by atoms with Gasteiger partial charge in [-0.05, 0) is 19.1 Å². The van der Waals surface area contributed by atoms with Gasteiger partial charge in [-0.25, -0.2) is 0 Å². The number of carbonyl (C=O) groups is 1. The first-order valence-electron chi connectivity index (χ1n) is 6.47. The Hall–Kier alpha value is -2.53. The zero-order valence-corrected chi connectivity index (χ0v) is 12.3. The molecule has 0 atom stereocenters. The van der Waals surface area contributed by atoms with Crippen LogP contribution in [0.5, 0.6) is 11.5 Å². The molecular weight excluding hydrogens is 308 g/mol. The Morgan fingerprint density at radius 2 is 2.05 bits per heavy atom. The Kier molecular flexibility index (Phi) is 3.50. The largest absolute Gasteiger partial charge is 0.507 e. The van der Waals surface area contributed by atoms with Gasteiger partial charge in [0.15, 0.2) is 5.78 Å². The fourth-order valence-corrected chi connectivity index (χ4v) is 2.34. The highest BCUT2D eigenvalue weighted by atomic mass is 35.5. The van der Waals surface area contributed by atoms with Crippen LogP contribution in [-0.2, 0) is 4.79 Å². The number of phenolic OH excluding ortho intramolecular Hbond substituents is 1. The van der Waals surface area contributed by atoms with E-state index in [0.717, 1.165) is 0 Å². The molecule has 1 N–H and O–H groups in total. The van der Waals surface area contributed by atoms with Crippen molar-refractivity contribution in [2.24, 2.45) is 0 Å². The fourth-order valence-electron chi connectivity index (χ4n) is 2.17. The molecule has 0 spiro atoms. The molecule has 1 aromatic heterocycles. The van der Waals surface area contributed by atoms with Gasteiger partial charge in [0, 0.05) is 23.2 Å². The number of halogens is 1. The van der Waals surface area contributed by atoms with E-state index in [1.807, 2.05) is 0 Å². The molecule has 22 heavy (non-hydrogen) atoms. The molecule has 5 nitrogen and oxygen atoms in total. The molecule has 0 saturated heterocycles. The van der Waals surface area contributed by atoms with Crippen molar-refractivity contribution in [1.29, 1.82) is 0 Å². The van der Waals surface area contributed by atoms with E-state index in [1.54, 1.807) is 12.1 Å². The normalized spacial score (nSPS) is 11.0. The van der Waals surface area contributed by atoms with Gasteiger partial charge in [0.25, 0.3) is 0 Å². The van der Waals surface area contributed by atoms with E-state index in [9.17, 15) is 14.7 Å². The second-order valence-corrected chi connectivity index (χ2v) is 5.31. The number of carbonyl (C=O) groups excluding carboxylic acids is 1. The molecule has 6 heteroatoms. The summed E-state index contributed by atoms with van der Waals surface area (Å²) in [5.74, 6) is -0.183. The molecule has 0 bridgehead atoms. The van der Waals surface area contributed by atoms with E-state index in [0.29, 0.717) is 16.0 Å². The first-order valence-corrected chi connectivity index (χ1v) is 6.85. The van der Waals surface area contributed by atoms with Gasteiger partial charge in [-0.15, -0.1) is 0 Å². The summed E-state index contributed by atoms with van der Waals surface area (Å²) >= 11 is 5.90. The van der Waals surface area contributed by atoms with Crippen LogP contribution in [0.25, 0.3) is 21.9 Å². The van der Waals surface area contributed by atoms with Crippen LogP contribution >= 0.6 is 11.6 Å². The number of phenols is 1. The van der Waals surface area contributed by atoms with Crippen molar-refractivity contribution in [2.45, 2.75) is 6.92 Å². The lowest BCUT2D eigenvalue weighted by atomic mass is 10.1. The molecular formula is C16H11ClO5. The molecule has 0 saturated carbocycles. The van der Waals surface area contributed by atoms with Crippen molar-refractivity contribution in [3.8, 4) is 11.5 Å². The van der Waals surface area contributed by atoms with Gasteiger partial charge in [0.2, 0.25) is 5.43 Å². The molecule has 0 amide bonds. The number of hydrogen-bond donors (Lipinski definition) is 1. The molecule has 0 aliphatic carbocycles. The summed E-state index contributed by atoms with van der Waals surface area (Å²) in [4.78, 5) is 23.4. The number of fused-ring (bicyclic) bond motifs is 2. The minimum absolute atomic E-state index is 0.0602. The third kappa shape index (κ3) is 2.51. The Labute approximate surface area is 129 Å². The van der Waals surface area contributed by atoms with E-state index in [-0.39, 0.29) is 40.3 Å². The Morgan fingerprint density at radius 3 is 2.77 bits per heavy atom. The maximum atomic E-state index is 12.4. The number of benzene rings is 2. The van der Waals surface area contributed by atoms with E-state index >= 15 is 0 Å². The highest BCUT2D eigenvalue weighted by Crippen LogP contribution is 2.31. The molecule has 0 unspecified atom stereocenters. The predicted octanol–water partition coefficient (Wildman–Crippen LogP) is 3.27. The van der Waals surface area contributed by atoms with Crippen LogP contribution in [0.3, 0.4) is 0 Å². The molecule has 0 fully saturated rings. The standard InChI is InChI=1S/C16H11ClO5/c1-8(18)7-21-10-5-12(19)15-14(6-10)22-13-4-9(17)2-3-11(13)16(15)20/h2-6,19H,7H2,1H3. The molecule has 2 aromatic carbocycles. The van der Waals surface area contributed by atoms with E-state index in [1.165, 1.54) is 25.1 Å². The lowest BCUT2D eigenvalue weighted by molar-refractivity contribution is -0.118. The summed E-state index contributed by atoms with van der Waals surface area (Å²) in [5.41, 5.74) is 0.120. The predicted molar refractivity (Wildman–Crippen MR) is 82.8 cm³/mol. The summed E-state index contributed by atoms with van der Waals surface area (Å²) in [7, 11) is 0. The molecule has 112 valence electrons. The lowest BCUT2D eigenvalue weighted by Gasteiger charge is -2.08. The molecule has 0 radical (unpaired) electrons. The van der Waals surface area contributed by atoms with Crippen LogP contribution < -0.4 is 10.2 Å². The zero-order chi connectivity index (χ0) is 15.9. The van der Waals surface area contributed by atoms with Gasteiger partial charge in [-0.1, -0.05) is 11.6 Å². The minimum Gasteiger partial charge on any atom is -0.507 e. The average Bonchev–Trinajstić information content (AvgIpc) is 2.44. The summed E-state index contributed by atoms with van der Waals surface area (Å²) in [6.07, 6.45) is 0. The van der Waals surface area contributed by atoms with E-state index in [2.05, 4.69) is 0 Å². The van der Waals surface area contributed by atoms with E-state index in [4.69, 9.17) is 20.8 Å². The molecule has 0 aliphatic heterocycles. The van der Waals surface area contributed by atoms with Gasteiger partial charge in [-0.2, -0.15) is 0 Å². The summed E-state index contributed by atoms with van der Waals surface area (Å²) in [6, 6.07) is 7.39. The number of Topliss-reactive ketones (excluding diaryl/α,β-unsaturated/α-hetero) is 1. The highest BCUT2D eigenvalue weighted by Gasteiger charge is 2.14. The Morgan fingerprint density at radius 1 is 1.27 bits per heavy atom. The smallest absolute Gasteiger partial charge is 0.204 e. The number of hydrogen-bond acceptors (Lipinski definition) is 5. The number of aromatic hydroxyl groups is 1. The summed E-state index contributed by atoms with van der Waals surface area (Å²) in [6.45, 7) is 1.26. The van der Waals surface area contributed by atoms with Gasteiger partial charge in [0.1, 0.15) is 34.7 Å². The number of rotatable bonds is 3. The SMILES string of the molecule is CC(=O)COc1cc(O)c2c(=O)c3ccc(Cl)cc3oc2c1. The molecule has 3 aromatic rings. The highest BCUT2D eigenvalue weighted by molar-refractivity contribution is 6.31. The topological polar surface area (TPSA) is 76.7 Å². The van der Waals surface area contributed by atoms with Gasteiger partial charge < -0.3 is 14.3 Å². The van der Waals surface area contributed by atoms with Gasteiger partial charge in [-0.3, -0.25) is 9.59 Å². The van der Waals surface area contributed by atoms with E-state index < -0.39 is 0 Å². The van der Waals surface area contributed by atoms with Crippen molar-refractivity contribution in [1.82, 2.24) is 0 Å².